The average Bonchev–Trinajstić information content (AvgIpc) is 2.39. The van der Waals surface area contributed by atoms with Crippen LogP contribution in [0.3, 0.4) is 0 Å². The molecule has 0 aliphatic carbocycles. The fourth-order valence-electron chi connectivity index (χ4n) is 2.21. The molecule has 0 radical (unpaired) electrons. The smallest absolute Gasteiger partial charge is 0.255 e. The van der Waals surface area contributed by atoms with E-state index in [4.69, 9.17) is 16.3 Å². The van der Waals surface area contributed by atoms with Crippen LogP contribution in [0.2, 0.25) is 5.02 Å². The highest BCUT2D eigenvalue weighted by molar-refractivity contribution is 6.30. The third kappa shape index (κ3) is 2.23. The van der Waals surface area contributed by atoms with Gasteiger partial charge in [-0.3, -0.25) is 14.3 Å². The van der Waals surface area contributed by atoms with Crippen molar-refractivity contribution in [3.8, 4) is 5.75 Å². The van der Waals surface area contributed by atoms with Gasteiger partial charge in [0.2, 0.25) is 0 Å². The van der Waals surface area contributed by atoms with Crippen LogP contribution in [0.1, 0.15) is 19.5 Å². The molecule has 2 aromatic heterocycles. The second-order valence-corrected chi connectivity index (χ2v) is 5.58. The molecule has 0 N–H and O–H groups in total. The van der Waals surface area contributed by atoms with Gasteiger partial charge in [-0.05, 0) is 38.1 Å². The Bertz CT molecular complexity index is 762. The lowest BCUT2D eigenvalue weighted by atomic mass is 10.0. The molecular formula is C15H13ClN2O2. The van der Waals surface area contributed by atoms with E-state index in [0.717, 1.165) is 0 Å². The van der Waals surface area contributed by atoms with E-state index < -0.39 is 5.60 Å². The van der Waals surface area contributed by atoms with E-state index in [-0.39, 0.29) is 5.56 Å². The first-order chi connectivity index (χ1) is 9.46. The maximum Gasteiger partial charge on any atom is 0.255 e. The average molecular weight is 289 g/mol. The quantitative estimate of drug-likeness (QED) is 0.810. The molecule has 0 saturated heterocycles. The zero-order valence-electron chi connectivity index (χ0n) is 11.1. The van der Waals surface area contributed by atoms with Gasteiger partial charge in [0, 0.05) is 18.5 Å². The number of fused-ring (bicyclic) bond motifs is 1. The second-order valence-electron chi connectivity index (χ2n) is 5.14. The molecule has 0 amide bonds. The number of rotatable bonds is 1. The Hall–Kier alpha value is -2.07. The van der Waals surface area contributed by atoms with Crippen molar-refractivity contribution in [1.82, 2.24) is 9.55 Å². The molecule has 4 nitrogen and oxygen atoms in total. The summed E-state index contributed by atoms with van der Waals surface area (Å²) in [7, 11) is 0. The number of hydrogen-bond donors (Lipinski definition) is 0. The zero-order chi connectivity index (χ0) is 14.3. The monoisotopic (exact) mass is 288 g/mol. The fraction of sp³-hybridized carbons (Fsp3) is 0.200. The molecule has 0 aromatic carbocycles. The standard InChI is InChI=1S/C15H13ClN2O2/c1-15(2)8-11(14-12(20-15)4-3-7-17-14)18-9-10(16)5-6-13(18)19/h3-9H,1-2H3. The molecule has 0 atom stereocenters. The van der Waals surface area contributed by atoms with Crippen LogP contribution in [-0.2, 0) is 0 Å². The number of ether oxygens (including phenoxy) is 1. The van der Waals surface area contributed by atoms with Gasteiger partial charge in [-0.1, -0.05) is 11.6 Å². The number of halogens is 1. The first-order valence-corrected chi connectivity index (χ1v) is 6.60. The molecule has 102 valence electrons. The summed E-state index contributed by atoms with van der Waals surface area (Å²) in [6.45, 7) is 3.86. The van der Waals surface area contributed by atoms with E-state index in [9.17, 15) is 4.79 Å². The maximum atomic E-state index is 12.1. The van der Waals surface area contributed by atoms with Crippen LogP contribution < -0.4 is 10.3 Å². The number of hydrogen-bond acceptors (Lipinski definition) is 3. The van der Waals surface area contributed by atoms with Gasteiger partial charge in [0.1, 0.15) is 17.0 Å². The lowest BCUT2D eigenvalue weighted by molar-refractivity contribution is 0.156. The first-order valence-electron chi connectivity index (χ1n) is 6.22. The van der Waals surface area contributed by atoms with Crippen molar-refractivity contribution in [2.45, 2.75) is 19.4 Å². The summed E-state index contributed by atoms with van der Waals surface area (Å²) in [5.41, 5.74) is 0.642. The van der Waals surface area contributed by atoms with E-state index in [1.807, 2.05) is 26.0 Å². The van der Waals surface area contributed by atoms with Crippen LogP contribution >= 0.6 is 11.6 Å². The minimum absolute atomic E-state index is 0.157. The molecule has 3 heterocycles. The number of aromatic nitrogens is 2. The Morgan fingerprint density at radius 1 is 1.30 bits per heavy atom. The molecule has 5 heteroatoms. The van der Waals surface area contributed by atoms with Crippen LogP contribution in [0.25, 0.3) is 5.70 Å². The van der Waals surface area contributed by atoms with Crippen LogP contribution in [0.15, 0.2) is 47.5 Å². The third-order valence-electron chi connectivity index (χ3n) is 3.01. The highest BCUT2D eigenvalue weighted by Crippen LogP contribution is 2.34. The zero-order valence-corrected chi connectivity index (χ0v) is 11.9. The summed E-state index contributed by atoms with van der Waals surface area (Å²) in [6, 6.07) is 6.66. The summed E-state index contributed by atoms with van der Waals surface area (Å²) in [4.78, 5) is 16.4. The molecule has 1 aliphatic rings. The van der Waals surface area contributed by atoms with E-state index in [1.165, 1.54) is 10.6 Å². The maximum absolute atomic E-state index is 12.1. The first kappa shape index (κ1) is 12.9. The second kappa shape index (κ2) is 4.49. The Labute approximate surface area is 121 Å². The molecular weight excluding hydrogens is 276 g/mol. The molecule has 0 spiro atoms. The van der Waals surface area contributed by atoms with Crippen molar-refractivity contribution in [2.24, 2.45) is 0 Å². The summed E-state index contributed by atoms with van der Waals surface area (Å²) in [5.74, 6) is 0.655. The Kier molecular flexibility index (Phi) is 2.91. The van der Waals surface area contributed by atoms with Gasteiger partial charge in [0.25, 0.3) is 5.56 Å². The molecule has 2 aromatic rings. The summed E-state index contributed by atoms with van der Waals surface area (Å²) in [6.07, 6.45) is 5.14. The van der Waals surface area contributed by atoms with Crippen LogP contribution in [0.4, 0.5) is 0 Å². The van der Waals surface area contributed by atoms with Crippen molar-refractivity contribution in [3.63, 3.8) is 0 Å². The van der Waals surface area contributed by atoms with E-state index >= 15 is 0 Å². The Morgan fingerprint density at radius 2 is 2.10 bits per heavy atom. The van der Waals surface area contributed by atoms with Gasteiger partial charge in [-0.25, -0.2) is 0 Å². The predicted octanol–water partition coefficient (Wildman–Crippen LogP) is 2.96. The van der Waals surface area contributed by atoms with Crippen molar-refractivity contribution >= 4 is 17.3 Å². The summed E-state index contributed by atoms with van der Waals surface area (Å²) >= 11 is 6.00. The predicted molar refractivity (Wildman–Crippen MR) is 78.0 cm³/mol. The van der Waals surface area contributed by atoms with Gasteiger partial charge in [-0.15, -0.1) is 0 Å². The van der Waals surface area contributed by atoms with Gasteiger partial charge < -0.3 is 4.74 Å². The highest BCUT2D eigenvalue weighted by atomic mass is 35.5. The van der Waals surface area contributed by atoms with Crippen molar-refractivity contribution in [2.75, 3.05) is 0 Å². The van der Waals surface area contributed by atoms with Crippen LogP contribution in [0, 0.1) is 0 Å². The van der Waals surface area contributed by atoms with Gasteiger partial charge in [-0.2, -0.15) is 0 Å². The van der Waals surface area contributed by atoms with Crippen LogP contribution in [-0.4, -0.2) is 15.2 Å². The molecule has 20 heavy (non-hydrogen) atoms. The SMILES string of the molecule is CC1(C)C=C(n2cc(Cl)ccc2=O)c2ncccc2O1. The van der Waals surface area contributed by atoms with E-state index in [0.29, 0.717) is 22.2 Å². The number of nitrogens with zero attached hydrogens (tertiary/aromatic N) is 2. The largest absolute Gasteiger partial charge is 0.481 e. The highest BCUT2D eigenvalue weighted by Gasteiger charge is 2.28. The normalized spacial score (nSPS) is 16.1. The van der Waals surface area contributed by atoms with E-state index in [2.05, 4.69) is 4.98 Å². The molecule has 0 saturated carbocycles. The topological polar surface area (TPSA) is 44.1 Å². The van der Waals surface area contributed by atoms with Gasteiger partial charge in [0.15, 0.2) is 0 Å². The van der Waals surface area contributed by atoms with Crippen molar-refractivity contribution < 1.29 is 4.74 Å². The van der Waals surface area contributed by atoms with E-state index in [1.54, 1.807) is 24.5 Å². The van der Waals surface area contributed by atoms with Crippen molar-refractivity contribution in [1.29, 1.82) is 0 Å². The lowest BCUT2D eigenvalue weighted by Gasteiger charge is -2.30. The third-order valence-corrected chi connectivity index (χ3v) is 3.23. The van der Waals surface area contributed by atoms with Gasteiger partial charge >= 0.3 is 0 Å². The van der Waals surface area contributed by atoms with Gasteiger partial charge in [0.05, 0.1) is 10.7 Å². The molecule has 3 rings (SSSR count). The van der Waals surface area contributed by atoms with Crippen LogP contribution in [0.5, 0.6) is 5.75 Å². The van der Waals surface area contributed by atoms with Crippen molar-refractivity contribution in [3.05, 3.63) is 63.8 Å². The molecule has 0 fully saturated rings. The minimum atomic E-state index is -0.521. The number of pyridine rings is 2. The minimum Gasteiger partial charge on any atom is -0.481 e. The Balaban J connectivity index is 2.28. The Morgan fingerprint density at radius 3 is 2.90 bits per heavy atom. The molecule has 1 aliphatic heterocycles. The fourth-order valence-corrected chi connectivity index (χ4v) is 2.37. The summed E-state index contributed by atoms with van der Waals surface area (Å²) < 4.78 is 7.35. The lowest BCUT2D eigenvalue weighted by Crippen LogP contribution is -2.32. The molecule has 0 unspecified atom stereocenters. The molecule has 0 bridgehead atoms. The summed E-state index contributed by atoms with van der Waals surface area (Å²) in [5, 5.41) is 0.493.